The number of carbonyl (C=O) groups is 1. The van der Waals surface area contributed by atoms with Crippen LogP contribution in [-0.2, 0) is 16.0 Å². The summed E-state index contributed by atoms with van der Waals surface area (Å²) in [6.45, 7) is 0.235. The van der Waals surface area contributed by atoms with Gasteiger partial charge < -0.3 is 24.5 Å². The Kier molecular flexibility index (Phi) is 5.90. The van der Waals surface area contributed by atoms with E-state index in [1.165, 1.54) is 32.7 Å². The lowest BCUT2D eigenvalue weighted by atomic mass is 9.79. The SMILES string of the molecule is COc1cc2ncnc(NCc3ccc(B(O)OC=O)cc3F)c2cc1OC. The van der Waals surface area contributed by atoms with E-state index in [1.807, 2.05) is 0 Å². The molecule has 2 aromatic carbocycles. The molecule has 0 aliphatic heterocycles. The van der Waals surface area contributed by atoms with Crippen LogP contribution in [0.15, 0.2) is 36.7 Å². The maximum absolute atomic E-state index is 14.3. The molecule has 3 rings (SSSR count). The Hall–Kier alpha value is -3.40. The lowest BCUT2D eigenvalue weighted by Gasteiger charge is -2.13. The van der Waals surface area contributed by atoms with Crippen molar-refractivity contribution in [3.05, 3.63) is 48.0 Å². The topological polar surface area (TPSA) is 103 Å². The van der Waals surface area contributed by atoms with Gasteiger partial charge in [-0.15, -0.1) is 0 Å². The number of benzene rings is 2. The Labute approximate surface area is 160 Å². The van der Waals surface area contributed by atoms with Crippen LogP contribution in [0.25, 0.3) is 10.9 Å². The van der Waals surface area contributed by atoms with E-state index in [9.17, 15) is 14.2 Å². The molecule has 1 aromatic heterocycles. The summed E-state index contributed by atoms with van der Waals surface area (Å²) in [5.41, 5.74) is 1.12. The molecule has 0 radical (unpaired) electrons. The summed E-state index contributed by atoms with van der Waals surface area (Å²) in [4.78, 5) is 18.7. The van der Waals surface area contributed by atoms with Gasteiger partial charge in [0.1, 0.15) is 18.0 Å². The van der Waals surface area contributed by atoms with Gasteiger partial charge in [-0.25, -0.2) is 14.4 Å². The fraction of sp³-hybridized carbons (Fsp3) is 0.167. The first kappa shape index (κ1) is 19.4. The van der Waals surface area contributed by atoms with Crippen molar-refractivity contribution in [2.75, 3.05) is 19.5 Å². The molecule has 1 heterocycles. The summed E-state index contributed by atoms with van der Waals surface area (Å²) in [5.74, 6) is 1.000. The number of rotatable bonds is 8. The summed E-state index contributed by atoms with van der Waals surface area (Å²) in [5, 5.41) is 13.3. The van der Waals surface area contributed by atoms with Crippen LogP contribution in [-0.4, -0.2) is 42.8 Å². The molecule has 0 spiro atoms. The second kappa shape index (κ2) is 8.53. The zero-order valence-electron chi connectivity index (χ0n) is 15.2. The van der Waals surface area contributed by atoms with Crippen molar-refractivity contribution >= 4 is 35.8 Å². The van der Waals surface area contributed by atoms with Gasteiger partial charge in [0, 0.05) is 23.6 Å². The molecular formula is C18H17BFN3O5. The Morgan fingerprint density at radius 1 is 1.18 bits per heavy atom. The molecule has 3 aromatic rings. The quantitative estimate of drug-likeness (QED) is 0.441. The Morgan fingerprint density at radius 3 is 2.61 bits per heavy atom. The molecule has 8 nitrogen and oxygen atoms in total. The van der Waals surface area contributed by atoms with Crippen LogP contribution < -0.4 is 20.3 Å². The van der Waals surface area contributed by atoms with Crippen molar-refractivity contribution in [3.63, 3.8) is 0 Å². The highest BCUT2D eigenvalue weighted by molar-refractivity contribution is 6.61. The summed E-state index contributed by atoms with van der Waals surface area (Å²) in [6, 6.07) is 7.54. The van der Waals surface area contributed by atoms with Crippen LogP contribution in [0.5, 0.6) is 11.5 Å². The summed E-state index contributed by atoms with van der Waals surface area (Å²) < 4.78 is 29.3. The molecule has 0 atom stereocenters. The lowest BCUT2D eigenvalue weighted by Crippen LogP contribution is -2.33. The minimum Gasteiger partial charge on any atom is -0.508 e. The van der Waals surface area contributed by atoms with Crippen molar-refractivity contribution in [1.82, 2.24) is 9.97 Å². The van der Waals surface area contributed by atoms with Crippen LogP contribution in [0, 0.1) is 5.82 Å². The number of fused-ring (bicyclic) bond motifs is 1. The Morgan fingerprint density at radius 2 is 1.93 bits per heavy atom. The van der Waals surface area contributed by atoms with Crippen LogP contribution in [0.4, 0.5) is 10.2 Å². The van der Waals surface area contributed by atoms with E-state index in [-0.39, 0.29) is 18.5 Å². The van der Waals surface area contributed by atoms with E-state index in [0.717, 1.165) is 6.07 Å². The predicted molar refractivity (Wildman–Crippen MR) is 101 cm³/mol. The van der Waals surface area contributed by atoms with E-state index in [4.69, 9.17) is 9.47 Å². The molecule has 144 valence electrons. The first-order valence-corrected chi connectivity index (χ1v) is 8.23. The highest BCUT2D eigenvalue weighted by Crippen LogP contribution is 2.33. The molecule has 0 bridgehead atoms. The maximum Gasteiger partial charge on any atom is 0.561 e. The van der Waals surface area contributed by atoms with Crippen molar-refractivity contribution in [3.8, 4) is 11.5 Å². The fourth-order valence-corrected chi connectivity index (χ4v) is 2.69. The van der Waals surface area contributed by atoms with Crippen LogP contribution in [0.1, 0.15) is 5.56 Å². The number of nitrogens with one attached hydrogen (secondary N) is 1. The van der Waals surface area contributed by atoms with E-state index < -0.39 is 12.9 Å². The highest BCUT2D eigenvalue weighted by Gasteiger charge is 2.19. The average Bonchev–Trinajstić information content (AvgIpc) is 2.71. The van der Waals surface area contributed by atoms with E-state index in [0.29, 0.717) is 33.8 Å². The second-order valence-electron chi connectivity index (χ2n) is 5.74. The molecule has 0 amide bonds. The van der Waals surface area contributed by atoms with Gasteiger partial charge in [-0.05, 0) is 17.6 Å². The molecule has 2 N–H and O–H groups in total. The van der Waals surface area contributed by atoms with Gasteiger partial charge in [0.2, 0.25) is 0 Å². The minimum absolute atomic E-state index is 0.0987. The van der Waals surface area contributed by atoms with Gasteiger partial charge >= 0.3 is 7.12 Å². The number of ether oxygens (including phenoxy) is 2. The molecular weight excluding hydrogens is 368 g/mol. The normalized spacial score (nSPS) is 10.4. The fourth-order valence-electron chi connectivity index (χ4n) is 2.69. The second-order valence-corrected chi connectivity index (χ2v) is 5.74. The Balaban J connectivity index is 1.84. The number of anilines is 1. The van der Waals surface area contributed by atoms with E-state index in [2.05, 4.69) is 19.9 Å². The first-order valence-electron chi connectivity index (χ1n) is 8.23. The third kappa shape index (κ3) is 3.96. The van der Waals surface area contributed by atoms with Crippen molar-refractivity contribution in [2.24, 2.45) is 0 Å². The van der Waals surface area contributed by atoms with Gasteiger partial charge in [-0.1, -0.05) is 12.1 Å². The van der Waals surface area contributed by atoms with E-state index >= 15 is 0 Å². The summed E-state index contributed by atoms with van der Waals surface area (Å²) in [6.07, 6.45) is 1.39. The van der Waals surface area contributed by atoms with Crippen LogP contribution >= 0.6 is 0 Å². The number of hydrogen-bond acceptors (Lipinski definition) is 8. The van der Waals surface area contributed by atoms with Crippen molar-refractivity contribution in [2.45, 2.75) is 6.54 Å². The zero-order valence-corrected chi connectivity index (χ0v) is 15.2. The van der Waals surface area contributed by atoms with Gasteiger partial charge in [0.15, 0.2) is 11.5 Å². The molecule has 0 aliphatic rings. The van der Waals surface area contributed by atoms with Crippen LogP contribution in [0.3, 0.4) is 0 Å². The minimum atomic E-state index is -1.51. The third-order valence-electron chi connectivity index (χ3n) is 4.13. The molecule has 0 saturated heterocycles. The van der Waals surface area contributed by atoms with Crippen molar-refractivity contribution in [1.29, 1.82) is 0 Å². The summed E-state index contributed by atoms with van der Waals surface area (Å²) in [7, 11) is 1.55. The number of methoxy groups -OCH3 is 2. The monoisotopic (exact) mass is 385 g/mol. The highest BCUT2D eigenvalue weighted by atomic mass is 19.1. The average molecular weight is 385 g/mol. The predicted octanol–water partition coefficient (Wildman–Crippen LogP) is 1.26. The standard InChI is InChI=1S/C18H17BFN3O5/c1-26-16-6-13-15(7-17(16)27-2)22-9-23-18(13)21-8-11-3-4-12(5-14(11)20)19(25)28-10-24/h3-7,9-10,25H,8H2,1-2H3,(H,21,22,23). The van der Waals surface area contributed by atoms with Crippen molar-refractivity contribution < 1.29 is 28.3 Å². The molecule has 10 heteroatoms. The maximum atomic E-state index is 14.3. The number of aromatic nitrogens is 2. The van der Waals surface area contributed by atoms with Gasteiger partial charge in [0.25, 0.3) is 6.47 Å². The number of nitrogens with zero attached hydrogens (tertiary/aromatic N) is 2. The lowest BCUT2D eigenvalue weighted by molar-refractivity contribution is -0.121. The molecule has 28 heavy (non-hydrogen) atoms. The largest absolute Gasteiger partial charge is 0.561 e. The molecule has 0 fully saturated rings. The van der Waals surface area contributed by atoms with Gasteiger partial charge in [0.05, 0.1) is 19.7 Å². The third-order valence-corrected chi connectivity index (χ3v) is 4.13. The van der Waals surface area contributed by atoms with Gasteiger partial charge in [-0.3, -0.25) is 4.79 Å². The Bertz CT molecular complexity index is 1000. The smallest absolute Gasteiger partial charge is 0.508 e. The molecule has 0 saturated carbocycles. The molecule has 0 aliphatic carbocycles. The number of carbonyl (C=O) groups excluding carboxylic acids is 1. The van der Waals surface area contributed by atoms with Gasteiger partial charge in [-0.2, -0.15) is 0 Å². The number of halogens is 1. The van der Waals surface area contributed by atoms with E-state index in [1.54, 1.807) is 12.1 Å². The molecule has 0 unspecified atom stereocenters. The number of hydrogen-bond donors (Lipinski definition) is 2. The first-order chi connectivity index (χ1) is 13.6. The zero-order chi connectivity index (χ0) is 20.1. The van der Waals surface area contributed by atoms with Crippen LogP contribution in [0.2, 0.25) is 0 Å². The summed E-state index contributed by atoms with van der Waals surface area (Å²) >= 11 is 0.